The number of carbonyl (C=O) groups is 1. The van der Waals surface area contributed by atoms with E-state index >= 15 is 0 Å². The van der Waals surface area contributed by atoms with Gasteiger partial charge in [-0.15, -0.1) is 0 Å². The highest BCUT2D eigenvalue weighted by molar-refractivity contribution is 6.35. The Morgan fingerprint density at radius 1 is 1.11 bits per heavy atom. The lowest BCUT2D eigenvalue weighted by Gasteiger charge is -2.39. The predicted molar refractivity (Wildman–Crippen MR) is 137 cm³/mol. The van der Waals surface area contributed by atoms with E-state index in [4.69, 9.17) is 16.6 Å². The Bertz CT molecular complexity index is 1540. The van der Waals surface area contributed by atoms with Crippen molar-refractivity contribution in [3.63, 3.8) is 0 Å². The average molecular weight is 503 g/mol. The molecule has 5 heterocycles. The summed E-state index contributed by atoms with van der Waals surface area (Å²) in [5.41, 5.74) is 1.29. The van der Waals surface area contributed by atoms with Crippen molar-refractivity contribution in [2.75, 3.05) is 30.5 Å². The van der Waals surface area contributed by atoms with Crippen molar-refractivity contribution in [2.45, 2.75) is 25.3 Å². The van der Waals surface area contributed by atoms with Gasteiger partial charge in [0.25, 0.3) is 11.5 Å². The Morgan fingerprint density at radius 2 is 2.00 bits per heavy atom. The summed E-state index contributed by atoms with van der Waals surface area (Å²) in [7, 11) is 1.73. The second-order valence-electron chi connectivity index (χ2n) is 8.92. The maximum Gasteiger partial charge on any atom is 0.267 e. The number of hydrogen-bond donors (Lipinski definition) is 1. The van der Waals surface area contributed by atoms with Gasteiger partial charge in [-0.1, -0.05) is 17.7 Å². The van der Waals surface area contributed by atoms with Gasteiger partial charge in [-0.3, -0.25) is 19.1 Å². The average Bonchev–Trinajstić information content (AvgIpc) is 2.91. The van der Waals surface area contributed by atoms with Crippen LogP contribution in [0.15, 0.2) is 53.8 Å². The summed E-state index contributed by atoms with van der Waals surface area (Å²) >= 11 is 6.45. The third-order valence-electron chi connectivity index (χ3n) is 6.72. The fraction of sp³-hybridized carbons (Fsp3) is 0.280. The maximum atomic E-state index is 13.9. The van der Waals surface area contributed by atoms with Crippen LogP contribution < -0.4 is 15.8 Å². The number of aromatic nitrogens is 5. The van der Waals surface area contributed by atoms with E-state index in [0.29, 0.717) is 57.8 Å². The van der Waals surface area contributed by atoms with Crippen molar-refractivity contribution in [3.05, 3.63) is 75.8 Å². The maximum absolute atomic E-state index is 13.9. The zero-order valence-corrected chi connectivity index (χ0v) is 20.3. The Hall–Kier alpha value is -4.05. The lowest BCUT2D eigenvalue weighted by Crippen LogP contribution is -2.42. The van der Waals surface area contributed by atoms with E-state index in [-0.39, 0.29) is 17.5 Å². The molecule has 4 aromatic rings. The predicted octanol–water partition coefficient (Wildman–Crippen LogP) is 3.41. The SMILES string of the molecule is CN1CNc2ncnc(N3CCCC[C@H]3c3nc4cccc(Cl)c4c(=O)n3-c3cccnc3)c2C1=O. The first-order valence-electron chi connectivity index (χ1n) is 11.8. The number of amides is 1. The largest absolute Gasteiger partial charge is 0.352 e. The molecular weight excluding hydrogens is 480 g/mol. The first-order chi connectivity index (χ1) is 17.5. The van der Waals surface area contributed by atoms with Gasteiger partial charge < -0.3 is 15.1 Å². The molecule has 0 saturated carbocycles. The molecule has 1 atom stereocenters. The van der Waals surface area contributed by atoms with E-state index in [1.807, 2.05) is 6.07 Å². The summed E-state index contributed by atoms with van der Waals surface area (Å²) in [5, 5.41) is 3.89. The van der Waals surface area contributed by atoms with Crippen LogP contribution >= 0.6 is 11.6 Å². The van der Waals surface area contributed by atoms with Crippen LogP contribution in [0.2, 0.25) is 5.02 Å². The van der Waals surface area contributed by atoms with E-state index in [0.717, 1.165) is 19.3 Å². The van der Waals surface area contributed by atoms with E-state index < -0.39 is 0 Å². The van der Waals surface area contributed by atoms with Gasteiger partial charge in [0.05, 0.1) is 40.5 Å². The van der Waals surface area contributed by atoms with Crippen LogP contribution in [0, 0.1) is 0 Å². The van der Waals surface area contributed by atoms with Crippen molar-refractivity contribution < 1.29 is 4.79 Å². The van der Waals surface area contributed by atoms with Crippen LogP contribution in [0.1, 0.15) is 41.5 Å². The van der Waals surface area contributed by atoms with Gasteiger partial charge in [0.15, 0.2) is 0 Å². The molecule has 2 aliphatic heterocycles. The van der Waals surface area contributed by atoms with Crippen molar-refractivity contribution in [1.82, 2.24) is 29.4 Å². The molecule has 182 valence electrons. The zero-order chi connectivity index (χ0) is 24.8. The minimum Gasteiger partial charge on any atom is -0.352 e. The summed E-state index contributed by atoms with van der Waals surface area (Å²) in [5.74, 6) is 1.45. The van der Waals surface area contributed by atoms with Crippen LogP contribution in [0.4, 0.5) is 11.6 Å². The molecule has 2 aliphatic rings. The number of piperidine rings is 1. The fourth-order valence-electron chi connectivity index (χ4n) is 5.00. The van der Waals surface area contributed by atoms with E-state index in [1.165, 1.54) is 6.33 Å². The number of nitrogens with zero attached hydrogens (tertiary/aromatic N) is 7. The van der Waals surface area contributed by atoms with Crippen LogP contribution in [0.5, 0.6) is 0 Å². The molecule has 6 rings (SSSR count). The molecule has 1 aromatic carbocycles. The number of halogens is 1. The first kappa shape index (κ1) is 22.4. The lowest BCUT2D eigenvalue weighted by atomic mass is 9.99. The van der Waals surface area contributed by atoms with Gasteiger partial charge in [-0.05, 0) is 43.5 Å². The Morgan fingerprint density at radius 3 is 2.83 bits per heavy atom. The van der Waals surface area contributed by atoms with Crippen molar-refractivity contribution >= 4 is 40.0 Å². The van der Waals surface area contributed by atoms with Gasteiger partial charge >= 0.3 is 0 Å². The van der Waals surface area contributed by atoms with E-state index in [9.17, 15) is 9.59 Å². The van der Waals surface area contributed by atoms with Gasteiger partial charge in [-0.25, -0.2) is 15.0 Å². The van der Waals surface area contributed by atoms with Crippen LogP contribution in [0.3, 0.4) is 0 Å². The number of rotatable bonds is 3. The molecule has 1 amide bonds. The Balaban J connectivity index is 1.59. The molecule has 0 aliphatic carbocycles. The summed E-state index contributed by atoms with van der Waals surface area (Å²) in [6.07, 6.45) is 7.35. The van der Waals surface area contributed by atoms with Gasteiger partial charge in [0, 0.05) is 19.8 Å². The molecule has 0 spiro atoms. The zero-order valence-electron chi connectivity index (χ0n) is 19.6. The Labute approximate surface area is 211 Å². The Kier molecular flexibility index (Phi) is 5.52. The monoisotopic (exact) mass is 502 g/mol. The van der Waals surface area contributed by atoms with Crippen molar-refractivity contribution in [1.29, 1.82) is 0 Å². The second kappa shape index (κ2) is 8.87. The normalized spacial score (nSPS) is 17.7. The van der Waals surface area contributed by atoms with Crippen molar-refractivity contribution in [2.24, 2.45) is 0 Å². The topological polar surface area (TPSA) is 109 Å². The van der Waals surface area contributed by atoms with Gasteiger partial charge in [-0.2, -0.15) is 0 Å². The molecule has 3 aromatic heterocycles. The molecule has 36 heavy (non-hydrogen) atoms. The van der Waals surface area contributed by atoms with Crippen molar-refractivity contribution in [3.8, 4) is 5.69 Å². The number of fused-ring (bicyclic) bond motifs is 2. The highest BCUT2D eigenvalue weighted by Gasteiger charge is 2.35. The molecule has 0 unspecified atom stereocenters. The highest BCUT2D eigenvalue weighted by atomic mass is 35.5. The lowest BCUT2D eigenvalue weighted by molar-refractivity contribution is 0.0796. The minimum atomic E-state index is -0.311. The van der Waals surface area contributed by atoms with E-state index in [1.54, 1.807) is 53.2 Å². The van der Waals surface area contributed by atoms with Crippen LogP contribution in [-0.4, -0.2) is 55.6 Å². The first-order valence-corrected chi connectivity index (χ1v) is 12.1. The third-order valence-corrected chi connectivity index (χ3v) is 7.04. The van der Waals surface area contributed by atoms with Gasteiger partial charge in [0.1, 0.15) is 29.4 Å². The molecule has 0 radical (unpaired) electrons. The number of benzene rings is 1. The van der Waals surface area contributed by atoms with Crippen LogP contribution in [0.25, 0.3) is 16.6 Å². The molecule has 1 saturated heterocycles. The number of pyridine rings is 1. The molecule has 10 nitrogen and oxygen atoms in total. The molecular formula is C25H23ClN8O2. The number of anilines is 2. The van der Waals surface area contributed by atoms with E-state index in [2.05, 4.69) is 25.2 Å². The highest BCUT2D eigenvalue weighted by Crippen LogP contribution is 2.38. The second-order valence-corrected chi connectivity index (χ2v) is 9.33. The quantitative estimate of drug-likeness (QED) is 0.454. The summed E-state index contributed by atoms with van der Waals surface area (Å²) < 4.78 is 1.59. The minimum absolute atomic E-state index is 0.147. The smallest absolute Gasteiger partial charge is 0.267 e. The van der Waals surface area contributed by atoms with Gasteiger partial charge in [0.2, 0.25) is 0 Å². The van der Waals surface area contributed by atoms with Crippen LogP contribution in [-0.2, 0) is 0 Å². The third kappa shape index (κ3) is 3.56. The summed E-state index contributed by atoms with van der Waals surface area (Å²) in [6.45, 7) is 1.03. The fourth-order valence-corrected chi connectivity index (χ4v) is 5.25. The molecule has 1 fully saturated rings. The molecule has 1 N–H and O–H groups in total. The molecule has 11 heteroatoms. The number of nitrogens with one attached hydrogen (secondary N) is 1. The number of carbonyl (C=O) groups excluding carboxylic acids is 1. The summed E-state index contributed by atoms with van der Waals surface area (Å²) in [6, 6.07) is 8.56. The molecule has 0 bridgehead atoms. The standard InChI is InChI=1S/C25H23ClN8O2/c1-32-14-30-21-20(24(32)35)23(29-13-28-21)33-11-3-2-9-18(33)22-31-17-8-4-7-16(26)19(17)25(36)34(22)15-6-5-10-27-12-15/h4-8,10,12-13,18H,2-3,9,11,14H2,1H3,(H,28,29,30)/t18-/m0/s1. The number of hydrogen-bond acceptors (Lipinski definition) is 8. The summed E-state index contributed by atoms with van der Waals surface area (Å²) in [4.78, 5) is 48.8.